The number of hydrogen-bond acceptors (Lipinski definition) is 4. The maximum absolute atomic E-state index is 12.7. The van der Waals surface area contributed by atoms with Gasteiger partial charge in [-0.2, -0.15) is 0 Å². The van der Waals surface area contributed by atoms with Gasteiger partial charge >= 0.3 is 0 Å². The van der Waals surface area contributed by atoms with E-state index in [-0.39, 0.29) is 5.91 Å². The minimum Gasteiger partial charge on any atom is -0.497 e. The number of fused-ring (bicyclic) bond motifs is 1. The largest absolute Gasteiger partial charge is 0.497 e. The highest BCUT2D eigenvalue weighted by atomic mass is 32.1. The maximum atomic E-state index is 12.7. The van der Waals surface area contributed by atoms with Gasteiger partial charge in [-0.05, 0) is 24.1 Å². The van der Waals surface area contributed by atoms with Crippen LogP contribution in [-0.4, -0.2) is 29.4 Å². The Balaban J connectivity index is 1.38. The molecule has 4 nitrogen and oxygen atoms in total. The Morgan fingerprint density at radius 3 is 2.67 bits per heavy atom. The molecule has 0 saturated carbocycles. The van der Waals surface area contributed by atoms with Crippen molar-refractivity contribution >= 4 is 17.2 Å². The number of benzene rings is 2. The molecule has 0 spiro atoms. The lowest BCUT2D eigenvalue weighted by Gasteiger charge is -2.26. The molecule has 0 unspecified atom stereocenters. The molecule has 0 aliphatic carbocycles. The fourth-order valence-electron chi connectivity index (χ4n) is 3.31. The normalized spacial score (nSPS) is 13.3. The molecule has 0 radical (unpaired) electrons. The summed E-state index contributed by atoms with van der Waals surface area (Å²) in [6.45, 7) is 1.44. The van der Waals surface area contributed by atoms with E-state index in [0.29, 0.717) is 13.0 Å². The number of rotatable bonds is 5. The molecule has 5 heteroatoms. The molecule has 138 valence electrons. The summed E-state index contributed by atoms with van der Waals surface area (Å²) in [5.74, 6) is 1.05. The van der Waals surface area contributed by atoms with E-state index in [2.05, 4.69) is 12.1 Å². The van der Waals surface area contributed by atoms with E-state index in [1.807, 2.05) is 47.4 Å². The average Bonchev–Trinajstić information content (AvgIpc) is 3.16. The molecule has 0 bridgehead atoms. The van der Waals surface area contributed by atoms with Gasteiger partial charge in [-0.25, -0.2) is 4.98 Å². The summed E-state index contributed by atoms with van der Waals surface area (Å²) in [6, 6.07) is 18.2. The molecule has 0 N–H and O–H groups in total. The lowest BCUT2D eigenvalue weighted by Crippen LogP contribution is -2.35. The van der Waals surface area contributed by atoms with E-state index >= 15 is 0 Å². The van der Waals surface area contributed by atoms with Crippen molar-refractivity contribution in [2.24, 2.45) is 0 Å². The van der Waals surface area contributed by atoms with Gasteiger partial charge in [0.1, 0.15) is 10.8 Å². The van der Waals surface area contributed by atoms with E-state index in [1.165, 1.54) is 4.88 Å². The van der Waals surface area contributed by atoms with Crippen LogP contribution in [0.5, 0.6) is 5.75 Å². The third kappa shape index (κ3) is 4.03. The Bertz CT molecular complexity index is 919. The highest BCUT2D eigenvalue weighted by Crippen LogP contribution is 2.31. The summed E-state index contributed by atoms with van der Waals surface area (Å²) in [4.78, 5) is 20.7. The van der Waals surface area contributed by atoms with Gasteiger partial charge in [-0.3, -0.25) is 4.79 Å². The molecule has 0 saturated heterocycles. The monoisotopic (exact) mass is 378 g/mol. The van der Waals surface area contributed by atoms with Crippen molar-refractivity contribution < 1.29 is 9.53 Å². The van der Waals surface area contributed by atoms with Gasteiger partial charge < -0.3 is 9.64 Å². The van der Waals surface area contributed by atoms with Gasteiger partial charge in [0.05, 0.1) is 19.3 Å². The average molecular weight is 378 g/mol. The fraction of sp³-hybridized carbons (Fsp3) is 0.273. The van der Waals surface area contributed by atoms with Crippen LogP contribution in [0.3, 0.4) is 0 Å². The molecule has 1 aliphatic rings. The first-order valence-corrected chi connectivity index (χ1v) is 9.99. The van der Waals surface area contributed by atoms with E-state index in [4.69, 9.17) is 9.72 Å². The SMILES string of the molecule is COc1ccc(CCC(=O)N2CCc3nc(-c4ccccc4)sc3C2)cc1. The quantitative estimate of drug-likeness (QED) is 0.663. The van der Waals surface area contributed by atoms with Crippen LogP contribution in [0.2, 0.25) is 0 Å². The predicted molar refractivity (Wildman–Crippen MR) is 108 cm³/mol. The van der Waals surface area contributed by atoms with E-state index in [1.54, 1.807) is 18.4 Å². The summed E-state index contributed by atoms with van der Waals surface area (Å²) in [7, 11) is 1.66. The third-order valence-corrected chi connectivity index (χ3v) is 6.02. The van der Waals surface area contributed by atoms with Crippen LogP contribution in [0, 0.1) is 0 Å². The second kappa shape index (κ2) is 7.92. The number of carbonyl (C=O) groups is 1. The number of hydrogen-bond donors (Lipinski definition) is 0. The van der Waals surface area contributed by atoms with Crippen LogP contribution in [0.25, 0.3) is 10.6 Å². The molecule has 1 amide bonds. The van der Waals surface area contributed by atoms with Gasteiger partial charge in [0, 0.05) is 29.8 Å². The predicted octanol–water partition coefficient (Wildman–Crippen LogP) is 4.34. The van der Waals surface area contributed by atoms with Crippen molar-refractivity contribution in [3.63, 3.8) is 0 Å². The first-order chi connectivity index (χ1) is 13.2. The highest BCUT2D eigenvalue weighted by molar-refractivity contribution is 7.15. The molecule has 4 rings (SSSR count). The second-order valence-corrected chi connectivity index (χ2v) is 7.75. The lowest BCUT2D eigenvalue weighted by atomic mass is 10.1. The summed E-state index contributed by atoms with van der Waals surface area (Å²) in [6.07, 6.45) is 2.13. The molecule has 0 atom stereocenters. The summed E-state index contributed by atoms with van der Waals surface area (Å²) < 4.78 is 5.18. The zero-order valence-corrected chi connectivity index (χ0v) is 16.2. The second-order valence-electron chi connectivity index (χ2n) is 6.67. The van der Waals surface area contributed by atoms with Gasteiger partial charge in [-0.1, -0.05) is 42.5 Å². The minimum absolute atomic E-state index is 0.214. The van der Waals surface area contributed by atoms with Crippen molar-refractivity contribution in [3.05, 3.63) is 70.7 Å². The first-order valence-electron chi connectivity index (χ1n) is 9.17. The molecule has 2 aromatic carbocycles. The molecule has 2 heterocycles. The van der Waals surface area contributed by atoms with Crippen molar-refractivity contribution in [2.75, 3.05) is 13.7 Å². The summed E-state index contributed by atoms with van der Waals surface area (Å²) in [5.41, 5.74) is 3.46. The molecular weight excluding hydrogens is 356 g/mol. The molecule has 27 heavy (non-hydrogen) atoms. The van der Waals surface area contributed by atoms with Gasteiger partial charge in [-0.15, -0.1) is 11.3 Å². The Morgan fingerprint density at radius 1 is 1.15 bits per heavy atom. The van der Waals surface area contributed by atoms with Crippen LogP contribution in [0.1, 0.15) is 22.6 Å². The molecule has 0 fully saturated rings. The van der Waals surface area contributed by atoms with Gasteiger partial charge in [0.2, 0.25) is 5.91 Å². The van der Waals surface area contributed by atoms with Gasteiger partial charge in [0.25, 0.3) is 0 Å². The minimum atomic E-state index is 0.214. The van der Waals surface area contributed by atoms with Crippen LogP contribution >= 0.6 is 11.3 Å². The number of amides is 1. The zero-order valence-electron chi connectivity index (χ0n) is 15.4. The van der Waals surface area contributed by atoms with Crippen LogP contribution in [-0.2, 0) is 24.2 Å². The molecule has 3 aromatic rings. The lowest BCUT2D eigenvalue weighted by molar-refractivity contribution is -0.132. The summed E-state index contributed by atoms with van der Waals surface area (Å²) in [5, 5.41) is 1.05. The Hall–Kier alpha value is -2.66. The molecular formula is C22H22N2O2S. The number of aromatic nitrogens is 1. The smallest absolute Gasteiger partial charge is 0.223 e. The van der Waals surface area contributed by atoms with Crippen molar-refractivity contribution in [2.45, 2.75) is 25.8 Å². The molecule has 1 aromatic heterocycles. The Morgan fingerprint density at radius 2 is 1.93 bits per heavy atom. The van der Waals surface area contributed by atoms with Gasteiger partial charge in [0.15, 0.2) is 0 Å². The maximum Gasteiger partial charge on any atom is 0.223 e. The Kier molecular flexibility index (Phi) is 5.21. The number of aryl methyl sites for hydroxylation is 1. The standard InChI is InChI=1S/C22H22N2O2S/c1-26-18-10-7-16(8-11-18)9-12-21(25)24-14-13-19-20(15-24)27-22(23-19)17-5-3-2-4-6-17/h2-8,10-11H,9,12-15H2,1H3. The highest BCUT2D eigenvalue weighted by Gasteiger charge is 2.24. The van der Waals surface area contributed by atoms with E-state index in [0.717, 1.165) is 47.0 Å². The zero-order chi connectivity index (χ0) is 18.6. The number of thiazole rings is 1. The fourth-order valence-corrected chi connectivity index (χ4v) is 4.44. The topological polar surface area (TPSA) is 42.4 Å². The van der Waals surface area contributed by atoms with E-state index in [9.17, 15) is 4.79 Å². The number of nitrogens with zero attached hydrogens (tertiary/aromatic N) is 2. The van der Waals surface area contributed by atoms with Crippen molar-refractivity contribution in [1.29, 1.82) is 0 Å². The van der Waals surface area contributed by atoms with Crippen LogP contribution in [0.4, 0.5) is 0 Å². The molecule has 1 aliphatic heterocycles. The van der Waals surface area contributed by atoms with Crippen molar-refractivity contribution in [3.8, 4) is 16.3 Å². The summed E-state index contributed by atoms with van der Waals surface area (Å²) >= 11 is 1.71. The number of carbonyl (C=O) groups excluding carboxylic acids is 1. The van der Waals surface area contributed by atoms with Crippen molar-refractivity contribution in [1.82, 2.24) is 9.88 Å². The number of methoxy groups -OCH3 is 1. The van der Waals surface area contributed by atoms with Crippen LogP contribution < -0.4 is 4.74 Å². The van der Waals surface area contributed by atoms with Crippen LogP contribution in [0.15, 0.2) is 54.6 Å². The first kappa shape index (κ1) is 17.7. The third-order valence-electron chi connectivity index (χ3n) is 4.89. The number of ether oxygens (including phenoxy) is 1. The van der Waals surface area contributed by atoms with E-state index < -0.39 is 0 Å². The Labute approximate surface area is 163 Å².